The minimum atomic E-state index is 0.708. The second-order valence-corrected chi connectivity index (χ2v) is 5.80. The molecular formula is C16H33NO2. The smallest absolute Gasteiger partial charge is 0.0700 e. The summed E-state index contributed by atoms with van der Waals surface area (Å²) in [6.07, 6.45) is 7.89. The van der Waals surface area contributed by atoms with Crippen LogP contribution in [0.25, 0.3) is 0 Å². The van der Waals surface area contributed by atoms with E-state index in [9.17, 15) is 0 Å². The van der Waals surface area contributed by atoms with E-state index in [1.54, 1.807) is 7.11 Å². The second kappa shape index (κ2) is 10.6. The predicted octanol–water partition coefficient (Wildman–Crippen LogP) is 3.23. The molecule has 0 aromatic rings. The van der Waals surface area contributed by atoms with Gasteiger partial charge in [-0.1, -0.05) is 20.3 Å². The molecule has 3 atom stereocenters. The van der Waals surface area contributed by atoms with E-state index in [2.05, 4.69) is 19.2 Å². The molecule has 0 amide bonds. The molecule has 114 valence electrons. The summed E-state index contributed by atoms with van der Waals surface area (Å²) in [4.78, 5) is 0. The van der Waals surface area contributed by atoms with Gasteiger partial charge in [-0.25, -0.2) is 0 Å². The number of nitrogens with one attached hydrogen (secondary N) is 1. The van der Waals surface area contributed by atoms with Gasteiger partial charge in [-0.15, -0.1) is 0 Å². The molecule has 0 saturated heterocycles. The minimum absolute atomic E-state index is 0.708. The molecule has 0 heterocycles. The lowest BCUT2D eigenvalue weighted by Crippen LogP contribution is -2.41. The van der Waals surface area contributed by atoms with E-state index in [4.69, 9.17) is 9.47 Å². The van der Waals surface area contributed by atoms with E-state index >= 15 is 0 Å². The summed E-state index contributed by atoms with van der Waals surface area (Å²) in [6.45, 7) is 8.05. The molecule has 0 aliphatic heterocycles. The van der Waals surface area contributed by atoms with Gasteiger partial charge in [-0.05, 0) is 50.5 Å². The number of rotatable bonds is 10. The molecular weight excluding hydrogens is 238 g/mol. The van der Waals surface area contributed by atoms with Crippen molar-refractivity contribution >= 4 is 0 Å². The highest BCUT2D eigenvalue weighted by atomic mass is 16.5. The van der Waals surface area contributed by atoms with E-state index in [1.165, 1.54) is 38.5 Å². The van der Waals surface area contributed by atoms with Crippen LogP contribution in [0, 0.1) is 11.8 Å². The van der Waals surface area contributed by atoms with Crippen LogP contribution in [0.4, 0.5) is 0 Å². The Morgan fingerprint density at radius 3 is 2.63 bits per heavy atom. The van der Waals surface area contributed by atoms with Crippen LogP contribution in [-0.2, 0) is 9.47 Å². The maximum atomic E-state index is 5.65. The first-order chi connectivity index (χ1) is 9.31. The van der Waals surface area contributed by atoms with Crippen LogP contribution in [0.1, 0.15) is 52.4 Å². The summed E-state index contributed by atoms with van der Waals surface area (Å²) in [6, 6.07) is 0.716. The topological polar surface area (TPSA) is 30.5 Å². The van der Waals surface area contributed by atoms with Crippen molar-refractivity contribution in [3.8, 4) is 0 Å². The van der Waals surface area contributed by atoms with E-state index in [0.29, 0.717) is 12.6 Å². The van der Waals surface area contributed by atoms with Crippen molar-refractivity contribution in [2.24, 2.45) is 11.8 Å². The molecule has 1 aliphatic carbocycles. The quantitative estimate of drug-likeness (QED) is 0.619. The fourth-order valence-electron chi connectivity index (χ4n) is 3.13. The zero-order valence-electron chi connectivity index (χ0n) is 13.1. The van der Waals surface area contributed by atoms with Gasteiger partial charge in [0.1, 0.15) is 0 Å². The van der Waals surface area contributed by atoms with Crippen LogP contribution in [0.5, 0.6) is 0 Å². The molecule has 1 saturated carbocycles. The molecule has 0 bridgehead atoms. The highest BCUT2D eigenvalue weighted by Crippen LogP contribution is 2.33. The van der Waals surface area contributed by atoms with Crippen molar-refractivity contribution in [3.05, 3.63) is 0 Å². The standard InChI is InChI=1S/C16H33NO2/c1-4-9-17-16-7-6-14(5-2)13-15(16)8-10-19-12-11-18-3/h14-17H,4-13H2,1-3H3. The highest BCUT2D eigenvalue weighted by molar-refractivity contribution is 4.84. The Kier molecular flexibility index (Phi) is 9.48. The predicted molar refractivity (Wildman–Crippen MR) is 80.5 cm³/mol. The fourth-order valence-corrected chi connectivity index (χ4v) is 3.13. The molecule has 3 heteroatoms. The van der Waals surface area contributed by atoms with Crippen molar-refractivity contribution in [2.45, 2.75) is 58.4 Å². The minimum Gasteiger partial charge on any atom is -0.382 e. The number of hydrogen-bond acceptors (Lipinski definition) is 3. The number of ether oxygens (including phenoxy) is 2. The Morgan fingerprint density at radius 2 is 1.95 bits per heavy atom. The number of methoxy groups -OCH3 is 1. The lowest BCUT2D eigenvalue weighted by atomic mass is 9.75. The summed E-state index contributed by atoms with van der Waals surface area (Å²) < 4.78 is 10.7. The van der Waals surface area contributed by atoms with Gasteiger partial charge in [-0.2, -0.15) is 0 Å². The Balaban J connectivity index is 2.28. The molecule has 0 radical (unpaired) electrons. The van der Waals surface area contributed by atoms with Crippen molar-refractivity contribution < 1.29 is 9.47 Å². The molecule has 0 aromatic heterocycles. The lowest BCUT2D eigenvalue weighted by Gasteiger charge is -2.36. The third kappa shape index (κ3) is 6.73. The fraction of sp³-hybridized carbons (Fsp3) is 1.00. The molecule has 1 rings (SSSR count). The van der Waals surface area contributed by atoms with Crippen molar-refractivity contribution in [3.63, 3.8) is 0 Å². The van der Waals surface area contributed by atoms with Gasteiger partial charge in [0.15, 0.2) is 0 Å². The van der Waals surface area contributed by atoms with Gasteiger partial charge in [0, 0.05) is 19.8 Å². The van der Waals surface area contributed by atoms with Crippen molar-refractivity contribution in [1.82, 2.24) is 5.32 Å². The van der Waals surface area contributed by atoms with Crippen molar-refractivity contribution in [1.29, 1.82) is 0 Å². The Morgan fingerprint density at radius 1 is 1.11 bits per heavy atom. The molecule has 19 heavy (non-hydrogen) atoms. The number of hydrogen-bond donors (Lipinski definition) is 1. The average molecular weight is 271 g/mol. The summed E-state index contributed by atoms with van der Waals surface area (Å²) in [7, 11) is 1.72. The molecule has 0 aromatic carbocycles. The van der Waals surface area contributed by atoms with Gasteiger partial charge in [0.2, 0.25) is 0 Å². The lowest BCUT2D eigenvalue weighted by molar-refractivity contribution is 0.0544. The summed E-state index contributed by atoms with van der Waals surface area (Å²) in [5.41, 5.74) is 0. The monoisotopic (exact) mass is 271 g/mol. The third-order valence-electron chi connectivity index (χ3n) is 4.39. The molecule has 1 N–H and O–H groups in total. The van der Waals surface area contributed by atoms with Gasteiger partial charge in [0.05, 0.1) is 13.2 Å². The Bertz CT molecular complexity index is 211. The highest BCUT2D eigenvalue weighted by Gasteiger charge is 2.28. The summed E-state index contributed by atoms with van der Waals surface area (Å²) in [5, 5.41) is 3.74. The van der Waals surface area contributed by atoms with E-state index in [1.807, 2.05) is 0 Å². The molecule has 3 nitrogen and oxygen atoms in total. The van der Waals surface area contributed by atoms with Gasteiger partial charge >= 0.3 is 0 Å². The van der Waals surface area contributed by atoms with Crippen LogP contribution in [0.3, 0.4) is 0 Å². The maximum Gasteiger partial charge on any atom is 0.0700 e. The average Bonchev–Trinajstić information content (AvgIpc) is 2.45. The normalized spacial score (nSPS) is 27.6. The molecule has 1 aliphatic rings. The van der Waals surface area contributed by atoms with Crippen LogP contribution in [0.2, 0.25) is 0 Å². The molecule has 0 spiro atoms. The molecule has 1 fully saturated rings. The van der Waals surface area contributed by atoms with E-state index < -0.39 is 0 Å². The van der Waals surface area contributed by atoms with Gasteiger partial charge in [-0.3, -0.25) is 0 Å². The van der Waals surface area contributed by atoms with Crippen LogP contribution in [-0.4, -0.2) is 39.5 Å². The zero-order chi connectivity index (χ0) is 13.9. The first kappa shape index (κ1) is 16.9. The SMILES string of the molecule is CCCNC1CCC(CC)CC1CCOCCOC. The van der Waals surface area contributed by atoms with Gasteiger partial charge in [0.25, 0.3) is 0 Å². The maximum absolute atomic E-state index is 5.65. The first-order valence-corrected chi connectivity index (χ1v) is 8.11. The van der Waals surface area contributed by atoms with E-state index in [0.717, 1.165) is 31.6 Å². The van der Waals surface area contributed by atoms with Gasteiger partial charge < -0.3 is 14.8 Å². The van der Waals surface area contributed by atoms with Crippen molar-refractivity contribution in [2.75, 3.05) is 33.5 Å². The van der Waals surface area contributed by atoms with Crippen LogP contribution >= 0.6 is 0 Å². The van der Waals surface area contributed by atoms with Crippen LogP contribution in [0.15, 0.2) is 0 Å². The molecule has 3 unspecified atom stereocenters. The largest absolute Gasteiger partial charge is 0.382 e. The third-order valence-corrected chi connectivity index (χ3v) is 4.39. The summed E-state index contributed by atoms with van der Waals surface area (Å²) >= 11 is 0. The Hall–Kier alpha value is -0.120. The second-order valence-electron chi connectivity index (χ2n) is 5.80. The first-order valence-electron chi connectivity index (χ1n) is 8.11. The van der Waals surface area contributed by atoms with Crippen LogP contribution < -0.4 is 5.32 Å². The Labute approximate surface area is 119 Å². The van der Waals surface area contributed by atoms with E-state index in [-0.39, 0.29) is 0 Å². The zero-order valence-corrected chi connectivity index (χ0v) is 13.1. The summed E-state index contributed by atoms with van der Waals surface area (Å²) in [5.74, 6) is 1.73.